The van der Waals surface area contributed by atoms with Gasteiger partial charge in [0.25, 0.3) is 5.56 Å². The molecule has 2 heterocycles. The number of aromatic nitrogens is 4. The molecule has 0 radical (unpaired) electrons. The van der Waals surface area contributed by atoms with Crippen molar-refractivity contribution in [1.29, 1.82) is 0 Å². The van der Waals surface area contributed by atoms with E-state index in [0.717, 1.165) is 5.82 Å². The quantitative estimate of drug-likeness (QED) is 0.682. The van der Waals surface area contributed by atoms with Crippen molar-refractivity contribution < 1.29 is 0 Å². The zero-order chi connectivity index (χ0) is 12.4. The van der Waals surface area contributed by atoms with Crippen molar-refractivity contribution >= 4 is 23.4 Å². The predicted molar refractivity (Wildman–Crippen MR) is 67.4 cm³/mol. The Morgan fingerprint density at radius 3 is 2.94 bits per heavy atom. The molecule has 0 saturated heterocycles. The zero-order valence-electron chi connectivity index (χ0n) is 9.40. The van der Waals surface area contributed by atoms with Gasteiger partial charge in [0.1, 0.15) is 11.0 Å². The summed E-state index contributed by atoms with van der Waals surface area (Å²) < 4.78 is 1.79. The molecule has 2 aromatic heterocycles. The van der Waals surface area contributed by atoms with Crippen molar-refractivity contribution in [3.05, 3.63) is 39.3 Å². The summed E-state index contributed by atoms with van der Waals surface area (Å²) in [7, 11) is 1.84. The van der Waals surface area contributed by atoms with Crippen LogP contribution in [0.5, 0.6) is 0 Å². The smallest absolute Gasteiger partial charge is 0.251 e. The Kier molecular flexibility index (Phi) is 3.54. The first kappa shape index (κ1) is 12.2. The number of nitrogens with zero attached hydrogens (tertiary/aromatic N) is 3. The number of rotatable bonds is 3. The van der Waals surface area contributed by atoms with Crippen LogP contribution in [0.3, 0.4) is 0 Å². The molecule has 17 heavy (non-hydrogen) atoms. The van der Waals surface area contributed by atoms with E-state index >= 15 is 0 Å². The van der Waals surface area contributed by atoms with Crippen molar-refractivity contribution in [2.75, 3.05) is 0 Å². The molecule has 0 aliphatic heterocycles. The van der Waals surface area contributed by atoms with Crippen LogP contribution in [0.1, 0.15) is 11.5 Å². The molecule has 2 aromatic rings. The highest BCUT2D eigenvalue weighted by atomic mass is 35.5. The molecule has 0 aliphatic rings. The van der Waals surface area contributed by atoms with Gasteiger partial charge in [-0.05, 0) is 6.92 Å². The Morgan fingerprint density at radius 1 is 1.59 bits per heavy atom. The van der Waals surface area contributed by atoms with E-state index < -0.39 is 0 Å². The van der Waals surface area contributed by atoms with Crippen LogP contribution in [-0.4, -0.2) is 19.5 Å². The van der Waals surface area contributed by atoms with E-state index in [2.05, 4.69) is 15.0 Å². The van der Waals surface area contributed by atoms with Crippen LogP contribution in [0, 0.1) is 6.92 Å². The minimum Gasteiger partial charge on any atom is -0.322 e. The first-order chi connectivity index (χ1) is 8.06. The van der Waals surface area contributed by atoms with Crippen LogP contribution < -0.4 is 5.56 Å². The fraction of sp³-hybridized carbons (Fsp3) is 0.300. The number of hydrogen-bond donors (Lipinski definition) is 1. The molecule has 0 bridgehead atoms. The van der Waals surface area contributed by atoms with Crippen molar-refractivity contribution in [2.24, 2.45) is 7.05 Å². The number of H-pyrrole nitrogens is 1. The highest BCUT2D eigenvalue weighted by Crippen LogP contribution is 2.19. The summed E-state index contributed by atoms with van der Waals surface area (Å²) in [5, 5.41) is 1.18. The maximum Gasteiger partial charge on any atom is 0.251 e. The summed E-state index contributed by atoms with van der Waals surface area (Å²) in [5.41, 5.74) is 0.562. The number of aromatic amines is 1. The topological polar surface area (TPSA) is 63.6 Å². The second-order valence-electron chi connectivity index (χ2n) is 3.54. The Balaban J connectivity index is 2.12. The number of thioether (sulfide) groups is 1. The van der Waals surface area contributed by atoms with Crippen molar-refractivity contribution in [3.63, 3.8) is 0 Å². The molecule has 2 rings (SSSR count). The molecule has 0 aromatic carbocycles. The van der Waals surface area contributed by atoms with Crippen LogP contribution in [0.15, 0.2) is 22.2 Å². The van der Waals surface area contributed by atoms with Crippen molar-refractivity contribution in [3.8, 4) is 0 Å². The normalized spacial score (nSPS) is 10.8. The summed E-state index contributed by atoms with van der Waals surface area (Å²) in [6.45, 7) is 1.79. The summed E-state index contributed by atoms with van der Waals surface area (Å²) in [6.07, 6.45) is 1.60. The second kappa shape index (κ2) is 4.93. The van der Waals surface area contributed by atoms with Gasteiger partial charge in [-0.2, -0.15) is 0 Å². The summed E-state index contributed by atoms with van der Waals surface area (Å²) in [4.78, 5) is 22.3. The second-order valence-corrected chi connectivity index (χ2v) is 4.89. The molecular formula is C10H11ClN4OS. The van der Waals surface area contributed by atoms with E-state index in [1.807, 2.05) is 7.05 Å². The van der Waals surface area contributed by atoms with Gasteiger partial charge in [0.15, 0.2) is 5.16 Å². The van der Waals surface area contributed by atoms with Gasteiger partial charge in [-0.1, -0.05) is 23.4 Å². The van der Waals surface area contributed by atoms with E-state index in [4.69, 9.17) is 11.6 Å². The molecule has 5 nitrogen and oxygen atoms in total. The number of imidazole rings is 1. The molecule has 0 unspecified atom stereocenters. The molecule has 90 valence electrons. The summed E-state index contributed by atoms with van der Waals surface area (Å²) in [5.74, 6) is 1.44. The number of aryl methyl sites for hydroxylation is 1. The van der Waals surface area contributed by atoms with Gasteiger partial charge in [0, 0.05) is 18.8 Å². The van der Waals surface area contributed by atoms with Crippen molar-refractivity contribution in [1.82, 2.24) is 19.5 Å². The average Bonchev–Trinajstić information content (AvgIpc) is 2.56. The van der Waals surface area contributed by atoms with Gasteiger partial charge in [-0.15, -0.1) is 0 Å². The van der Waals surface area contributed by atoms with Gasteiger partial charge >= 0.3 is 0 Å². The monoisotopic (exact) mass is 270 g/mol. The van der Waals surface area contributed by atoms with E-state index in [1.165, 1.54) is 17.8 Å². The molecule has 0 amide bonds. The highest BCUT2D eigenvalue weighted by Gasteiger charge is 2.06. The predicted octanol–water partition coefficient (Wildman–Crippen LogP) is 1.76. The molecule has 0 saturated carbocycles. The summed E-state index contributed by atoms with van der Waals surface area (Å²) in [6, 6.07) is 1.46. The van der Waals surface area contributed by atoms with E-state index in [0.29, 0.717) is 21.8 Å². The largest absolute Gasteiger partial charge is 0.322 e. The third kappa shape index (κ3) is 2.89. The van der Waals surface area contributed by atoms with Crippen LogP contribution in [0.4, 0.5) is 0 Å². The van der Waals surface area contributed by atoms with E-state index in [-0.39, 0.29) is 5.56 Å². The number of nitrogens with one attached hydrogen (secondary N) is 1. The lowest BCUT2D eigenvalue weighted by Crippen LogP contribution is -2.08. The maximum absolute atomic E-state index is 11.2. The van der Waals surface area contributed by atoms with Gasteiger partial charge in [0.2, 0.25) is 0 Å². The first-order valence-corrected chi connectivity index (χ1v) is 6.29. The average molecular weight is 271 g/mol. The van der Waals surface area contributed by atoms with Gasteiger partial charge in [-0.3, -0.25) is 4.79 Å². The third-order valence-electron chi connectivity index (χ3n) is 2.21. The molecule has 1 N–H and O–H groups in total. The number of hydrogen-bond acceptors (Lipinski definition) is 4. The SMILES string of the molecule is Cc1cc(=O)[nH]c(SCc2ncc(Cl)n2C)n1. The van der Waals surface area contributed by atoms with Crippen LogP contribution in [-0.2, 0) is 12.8 Å². The highest BCUT2D eigenvalue weighted by molar-refractivity contribution is 7.98. The zero-order valence-corrected chi connectivity index (χ0v) is 11.0. The van der Waals surface area contributed by atoms with E-state index in [1.54, 1.807) is 17.7 Å². The third-order valence-corrected chi connectivity index (χ3v) is 3.43. The first-order valence-electron chi connectivity index (χ1n) is 4.93. The Bertz CT molecular complexity index is 592. The Morgan fingerprint density at radius 2 is 2.35 bits per heavy atom. The van der Waals surface area contributed by atoms with Crippen LogP contribution in [0.25, 0.3) is 0 Å². The Hall–Kier alpha value is -1.27. The lowest BCUT2D eigenvalue weighted by Gasteiger charge is -2.02. The molecule has 0 spiro atoms. The fourth-order valence-electron chi connectivity index (χ4n) is 1.31. The summed E-state index contributed by atoms with van der Waals surface area (Å²) >= 11 is 7.30. The maximum atomic E-state index is 11.2. The molecule has 0 atom stereocenters. The van der Waals surface area contributed by atoms with Gasteiger partial charge in [0.05, 0.1) is 11.9 Å². The standard InChI is InChI=1S/C10H11ClN4OS/c1-6-3-9(16)14-10(13-6)17-5-8-12-4-7(11)15(8)2/h3-4H,5H2,1-2H3,(H,13,14,16). The lowest BCUT2D eigenvalue weighted by molar-refractivity contribution is 0.845. The fourth-order valence-corrected chi connectivity index (χ4v) is 2.37. The molecule has 0 fully saturated rings. The van der Waals surface area contributed by atoms with Gasteiger partial charge in [-0.25, -0.2) is 9.97 Å². The minimum absolute atomic E-state index is 0.141. The molecular weight excluding hydrogens is 260 g/mol. The van der Waals surface area contributed by atoms with Gasteiger partial charge < -0.3 is 9.55 Å². The minimum atomic E-state index is -0.141. The molecule has 0 aliphatic carbocycles. The lowest BCUT2D eigenvalue weighted by atomic mass is 10.5. The van der Waals surface area contributed by atoms with Crippen molar-refractivity contribution in [2.45, 2.75) is 17.8 Å². The molecule has 7 heteroatoms. The number of halogens is 1. The van der Waals surface area contributed by atoms with E-state index in [9.17, 15) is 4.79 Å². The Labute approximate surface area is 107 Å². The van der Waals surface area contributed by atoms with Crippen LogP contribution >= 0.6 is 23.4 Å². The van der Waals surface area contributed by atoms with Crippen LogP contribution in [0.2, 0.25) is 5.15 Å².